The number of hydrogen-bond acceptors (Lipinski definition) is 3. The molecule has 0 radical (unpaired) electrons. The van der Waals surface area contributed by atoms with Crippen molar-refractivity contribution in [1.29, 1.82) is 0 Å². The largest absolute Gasteiger partial charge is 0.444 e. The van der Waals surface area contributed by atoms with E-state index in [2.05, 4.69) is 0 Å². The summed E-state index contributed by atoms with van der Waals surface area (Å²) >= 11 is 0. The highest BCUT2D eigenvalue weighted by Crippen LogP contribution is 2.46. The van der Waals surface area contributed by atoms with E-state index in [9.17, 15) is 4.79 Å². The molecule has 0 aromatic carbocycles. The third-order valence-corrected chi connectivity index (χ3v) is 3.70. The Hall–Kier alpha value is -0.770. The van der Waals surface area contributed by atoms with Crippen molar-refractivity contribution in [3.8, 4) is 0 Å². The van der Waals surface area contributed by atoms with Crippen molar-refractivity contribution in [2.45, 2.75) is 58.1 Å². The molecule has 1 spiro atoms. The number of likely N-dealkylation sites (tertiary alicyclic amines) is 1. The Morgan fingerprint density at radius 2 is 2.06 bits per heavy atom. The van der Waals surface area contributed by atoms with E-state index in [4.69, 9.17) is 10.5 Å². The van der Waals surface area contributed by atoms with Crippen LogP contribution >= 0.6 is 0 Å². The fourth-order valence-electron chi connectivity index (χ4n) is 3.08. The third kappa shape index (κ3) is 2.92. The highest BCUT2D eigenvalue weighted by molar-refractivity contribution is 5.68. The number of nitrogens with two attached hydrogens (primary N) is 1. The smallest absolute Gasteiger partial charge is 0.410 e. The van der Waals surface area contributed by atoms with Gasteiger partial charge in [-0.3, -0.25) is 0 Å². The number of amides is 1. The van der Waals surface area contributed by atoms with Crippen LogP contribution in [0.2, 0.25) is 0 Å². The van der Waals surface area contributed by atoms with Gasteiger partial charge in [0.25, 0.3) is 0 Å². The average molecular weight is 240 g/mol. The molecule has 0 aromatic rings. The number of rotatable bonds is 0. The van der Waals surface area contributed by atoms with E-state index in [-0.39, 0.29) is 6.09 Å². The van der Waals surface area contributed by atoms with Crippen LogP contribution in [-0.2, 0) is 4.74 Å². The molecule has 1 heterocycles. The molecule has 0 aromatic heterocycles. The summed E-state index contributed by atoms with van der Waals surface area (Å²) in [6.45, 7) is 7.37. The fraction of sp³-hybridized carbons (Fsp3) is 0.923. The van der Waals surface area contributed by atoms with E-state index in [1.807, 2.05) is 25.7 Å². The zero-order valence-corrected chi connectivity index (χ0v) is 11.2. The summed E-state index contributed by atoms with van der Waals surface area (Å²) in [5.41, 5.74) is 5.77. The monoisotopic (exact) mass is 240 g/mol. The first-order valence-electron chi connectivity index (χ1n) is 6.53. The first-order valence-corrected chi connectivity index (χ1v) is 6.53. The zero-order chi connectivity index (χ0) is 12.7. The molecule has 0 bridgehead atoms. The minimum absolute atomic E-state index is 0.169. The Morgan fingerprint density at radius 1 is 1.41 bits per heavy atom. The summed E-state index contributed by atoms with van der Waals surface area (Å²) < 4.78 is 5.42. The number of nitrogens with zero attached hydrogens (tertiary/aromatic N) is 1. The van der Waals surface area contributed by atoms with Crippen LogP contribution in [0.4, 0.5) is 4.79 Å². The topological polar surface area (TPSA) is 55.6 Å². The number of ether oxygens (including phenoxy) is 1. The second kappa shape index (κ2) is 4.16. The first kappa shape index (κ1) is 12.7. The van der Waals surface area contributed by atoms with Gasteiger partial charge in [0.05, 0.1) is 0 Å². The van der Waals surface area contributed by atoms with Crippen LogP contribution in [0.25, 0.3) is 0 Å². The predicted molar refractivity (Wildman–Crippen MR) is 66.7 cm³/mol. The van der Waals surface area contributed by atoms with Gasteiger partial charge in [-0.05, 0) is 51.9 Å². The third-order valence-electron chi connectivity index (χ3n) is 3.70. The Balaban J connectivity index is 1.91. The molecular weight excluding hydrogens is 216 g/mol. The lowest BCUT2D eigenvalue weighted by molar-refractivity contribution is -0.0217. The van der Waals surface area contributed by atoms with Crippen LogP contribution in [0, 0.1) is 5.41 Å². The summed E-state index contributed by atoms with van der Waals surface area (Å²) in [6, 6.07) is 0.341. The molecule has 17 heavy (non-hydrogen) atoms. The molecule has 2 fully saturated rings. The maximum absolute atomic E-state index is 12.0. The number of carbonyl (C=O) groups excluding carboxylic acids is 1. The summed E-state index contributed by atoms with van der Waals surface area (Å²) in [5, 5.41) is 0. The molecule has 2 aliphatic rings. The van der Waals surface area contributed by atoms with Crippen LogP contribution in [0.5, 0.6) is 0 Å². The van der Waals surface area contributed by atoms with Gasteiger partial charge >= 0.3 is 6.09 Å². The second-order valence-electron chi connectivity index (χ2n) is 6.67. The van der Waals surface area contributed by atoms with Gasteiger partial charge < -0.3 is 15.4 Å². The van der Waals surface area contributed by atoms with E-state index >= 15 is 0 Å². The number of carbonyl (C=O) groups is 1. The highest BCUT2D eigenvalue weighted by atomic mass is 16.6. The molecule has 4 heteroatoms. The maximum Gasteiger partial charge on any atom is 0.410 e. The number of hydrogen-bond donors (Lipinski definition) is 1. The fourth-order valence-corrected chi connectivity index (χ4v) is 3.08. The van der Waals surface area contributed by atoms with E-state index < -0.39 is 5.60 Å². The van der Waals surface area contributed by atoms with Crippen LogP contribution < -0.4 is 5.73 Å². The predicted octanol–water partition coefficient (Wildman–Crippen LogP) is 2.12. The molecule has 1 aliphatic carbocycles. The zero-order valence-electron chi connectivity index (χ0n) is 11.2. The summed E-state index contributed by atoms with van der Waals surface area (Å²) in [6.07, 6.45) is 4.24. The van der Waals surface area contributed by atoms with Gasteiger partial charge in [0, 0.05) is 19.1 Å². The Bertz CT molecular complexity index is 298. The first-order chi connectivity index (χ1) is 7.80. The van der Waals surface area contributed by atoms with Crippen LogP contribution in [0.1, 0.15) is 46.5 Å². The van der Waals surface area contributed by atoms with Crippen molar-refractivity contribution in [1.82, 2.24) is 4.90 Å². The molecule has 1 amide bonds. The lowest BCUT2D eigenvalue weighted by Gasteiger charge is -2.51. The molecule has 1 saturated heterocycles. The van der Waals surface area contributed by atoms with E-state index in [0.29, 0.717) is 11.5 Å². The summed E-state index contributed by atoms with van der Waals surface area (Å²) in [4.78, 5) is 13.9. The summed E-state index contributed by atoms with van der Waals surface area (Å²) in [7, 11) is 0. The molecule has 2 N–H and O–H groups in total. The SMILES string of the molecule is CC(C)(C)OC(=O)N1CCCC2(CC(N)C2)C1. The van der Waals surface area contributed by atoms with Crippen molar-refractivity contribution in [2.24, 2.45) is 11.1 Å². The van der Waals surface area contributed by atoms with Crippen molar-refractivity contribution < 1.29 is 9.53 Å². The van der Waals surface area contributed by atoms with Crippen molar-refractivity contribution in [2.75, 3.05) is 13.1 Å². The lowest BCUT2D eigenvalue weighted by Crippen LogP contribution is -2.56. The minimum Gasteiger partial charge on any atom is -0.444 e. The lowest BCUT2D eigenvalue weighted by atomic mass is 9.62. The van der Waals surface area contributed by atoms with Crippen molar-refractivity contribution >= 4 is 6.09 Å². The standard InChI is InChI=1S/C13H24N2O2/c1-12(2,3)17-11(16)15-6-4-5-13(9-15)7-10(14)8-13/h10H,4-9,14H2,1-3H3. The van der Waals surface area contributed by atoms with Crippen molar-refractivity contribution in [3.63, 3.8) is 0 Å². The molecular formula is C13H24N2O2. The normalized spacial score (nSPS) is 33.4. The van der Waals surface area contributed by atoms with Gasteiger partial charge in [0.2, 0.25) is 0 Å². The van der Waals surface area contributed by atoms with Crippen molar-refractivity contribution in [3.05, 3.63) is 0 Å². The van der Waals surface area contributed by atoms with Gasteiger partial charge in [-0.15, -0.1) is 0 Å². The van der Waals surface area contributed by atoms with Crippen LogP contribution in [0.3, 0.4) is 0 Å². The van der Waals surface area contributed by atoms with Gasteiger partial charge in [-0.1, -0.05) is 0 Å². The average Bonchev–Trinajstić information content (AvgIpc) is 2.13. The molecule has 0 atom stereocenters. The second-order valence-corrected chi connectivity index (χ2v) is 6.67. The number of piperidine rings is 1. The minimum atomic E-state index is -0.405. The van der Waals surface area contributed by atoms with Gasteiger partial charge in [-0.2, -0.15) is 0 Å². The highest BCUT2D eigenvalue weighted by Gasteiger charge is 2.46. The van der Waals surface area contributed by atoms with Gasteiger partial charge in [0.1, 0.15) is 5.60 Å². The Labute approximate surface area is 103 Å². The van der Waals surface area contributed by atoms with E-state index in [1.165, 1.54) is 6.42 Å². The maximum atomic E-state index is 12.0. The molecule has 1 saturated carbocycles. The molecule has 98 valence electrons. The van der Waals surface area contributed by atoms with Crippen LogP contribution in [0.15, 0.2) is 0 Å². The Morgan fingerprint density at radius 3 is 2.59 bits per heavy atom. The quantitative estimate of drug-likeness (QED) is 0.705. The summed E-state index contributed by atoms with van der Waals surface area (Å²) in [5.74, 6) is 0. The molecule has 2 rings (SSSR count). The van der Waals surface area contributed by atoms with Crippen LogP contribution in [-0.4, -0.2) is 35.7 Å². The van der Waals surface area contributed by atoms with Gasteiger partial charge in [0.15, 0.2) is 0 Å². The Kier molecular flexibility index (Phi) is 3.10. The van der Waals surface area contributed by atoms with E-state index in [1.54, 1.807) is 0 Å². The molecule has 1 aliphatic heterocycles. The van der Waals surface area contributed by atoms with E-state index in [0.717, 1.165) is 32.4 Å². The van der Waals surface area contributed by atoms with Gasteiger partial charge in [-0.25, -0.2) is 4.79 Å². The molecule has 0 unspecified atom stereocenters. The molecule has 4 nitrogen and oxygen atoms in total.